The maximum Gasteiger partial charge on any atom is 0.139 e. The summed E-state index contributed by atoms with van der Waals surface area (Å²) in [5.41, 5.74) is 6.45. The first-order valence-corrected chi connectivity index (χ1v) is 9.09. The van der Waals surface area contributed by atoms with Crippen LogP contribution >= 0.6 is 0 Å². The van der Waals surface area contributed by atoms with Gasteiger partial charge in [-0.25, -0.2) is 0 Å². The van der Waals surface area contributed by atoms with Crippen LogP contribution < -0.4 is 0 Å². The van der Waals surface area contributed by atoms with Crippen LogP contribution in [0.5, 0.6) is 0 Å². The lowest BCUT2D eigenvalue weighted by atomic mass is 9.83. The van der Waals surface area contributed by atoms with Crippen LogP contribution in [0.4, 0.5) is 0 Å². The normalized spacial score (nSPS) is 12.4. The van der Waals surface area contributed by atoms with Crippen molar-refractivity contribution in [1.82, 2.24) is 0 Å². The first-order chi connectivity index (χ1) is 12.9. The second-order valence-corrected chi connectivity index (χ2v) is 8.26. The molecule has 27 heavy (non-hydrogen) atoms. The Morgan fingerprint density at radius 2 is 1.41 bits per heavy atom. The Labute approximate surface area is 156 Å². The summed E-state index contributed by atoms with van der Waals surface area (Å²) in [6, 6.07) is 16.1. The fourth-order valence-corrected chi connectivity index (χ4v) is 4.21. The van der Waals surface area contributed by atoms with E-state index in [0.29, 0.717) is 5.56 Å². The van der Waals surface area contributed by atoms with Crippen molar-refractivity contribution >= 4 is 43.9 Å². The van der Waals surface area contributed by atoms with Crippen LogP contribution in [0.15, 0.2) is 51.3 Å². The molecule has 0 atom stereocenters. The van der Waals surface area contributed by atoms with E-state index in [1.165, 1.54) is 11.1 Å². The van der Waals surface area contributed by atoms with Crippen molar-refractivity contribution in [2.24, 2.45) is 0 Å². The summed E-state index contributed by atoms with van der Waals surface area (Å²) in [4.78, 5) is 0. The summed E-state index contributed by atoms with van der Waals surface area (Å²) in [6.07, 6.45) is 0. The Morgan fingerprint density at radius 3 is 2.11 bits per heavy atom. The van der Waals surface area contributed by atoms with Gasteiger partial charge >= 0.3 is 0 Å². The van der Waals surface area contributed by atoms with Gasteiger partial charge in [0.15, 0.2) is 0 Å². The van der Waals surface area contributed by atoms with E-state index in [4.69, 9.17) is 14.1 Å². The Bertz CT molecular complexity index is 1420. The molecule has 132 valence electrons. The van der Waals surface area contributed by atoms with Crippen molar-refractivity contribution in [2.75, 3.05) is 0 Å². The highest BCUT2D eigenvalue weighted by atomic mass is 16.3. The number of fused-ring (bicyclic) bond motifs is 6. The smallest absolute Gasteiger partial charge is 0.139 e. The zero-order chi connectivity index (χ0) is 18.9. The van der Waals surface area contributed by atoms with Gasteiger partial charge in [0.2, 0.25) is 0 Å². The van der Waals surface area contributed by atoms with Gasteiger partial charge in [-0.1, -0.05) is 32.9 Å². The monoisotopic (exact) mass is 353 g/mol. The van der Waals surface area contributed by atoms with Crippen LogP contribution in [0, 0.1) is 18.3 Å². The first kappa shape index (κ1) is 16.0. The lowest BCUT2D eigenvalue weighted by Crippen LogP contribution is -2.13. The topological polar surface area (TPSA) is 50.1 Å². The molecule has 0 aliphatic rings. The van der Waals surface area contributed by atoms with Crippen molar-refractivity contribution in [3.63, 3.8) is 0 Å². The lowest BCUT2D eigenvalue weighted by molar-refractivity contribution is 0.569. The van der Waals surface area contributed by atoms with Crippen molar-refractivity contribution in [1.29, 1.82) is 5.26 Å². The molecular formula is C24H19NO2. The molecular weight excluding hydrogens is 334 g/mol. The minimum Gasteiger partial charge on any atom is -0.456 e. The number of hydrogen-bond acceptors (Lipinski definition) is 3. The standard InChI is InChI=1S/C24H19NO2/c1-13-5-7-16-18-11-20-17(15-8-6-14(12-25)9-19(15)26-20)10-21(18)27-23(16)22(13)24(2,3)4/h5-11H,1-4H3. The van der Waals surface area contributed by atoms with Crippen LogP contribution in [0.3, 0.4) is 0 Å². The van der Waals surface area contributed by atoms with Crippen LogP contribution in [-0.4, -0.2) is 0 Å². The molecule has 0 fully saturated rings. The van der Waals surface area contributed by atoms with Gasteiger partial charge in [-0.15, -0.1) is 0 Å². The summed E-state index contributed by atoms with van der Waals surface area (Å²) in [5, 5.41) is 13.3. The second kappa shape index (κ2) is 5.14. The van der Waals surface area contributed by atoms with Gasteiger partial charge in [0.05, 0.1) is 11.6 Å². The first-order valence-electron chi connectivity index (χ1n) is 9.09. The van der Waals surface area contributed by atoms with E-state index in [9.17, 15) is 0 Å². The maximum atomic E-state index is 9.12. The molecule has 0 bridgehead atoms. The van der Waals surface area contributed by atoms with Crippen LogP contribution in [0.1, 0.15) is 37.5 Å². The van der Waals surface area contributed by atoms with Crippen molar-refractivity contribution in [3.05, 3.63) is 59.2 Å². The van der Waals surface area contributed by atoms with Gasteiger partial charge in [-0.3, -0.25) is 0 Å². The molecule has 0 saturated heterocycles. The number of furan rings is 2. The van der Waals surface area contributed by atoms with Gasteiger partial charge in [0.1, 0.15) is 22.3 Å². The number of nitrogens with zero attached hydrogens (tertiary/aromatic N) is 1. The minimum absolute atomic E-state index is 0.00298. The third-order valence-electron chi connectivity index (χ3n) is 5.32. The molecule has 3 heteroatoms. The van der Waals surface area contributed by atoms with E-state index in [2.05, 4.69) is 58.0 Å². The van der Waals surface area contributed by atoms with Crippen LogP contribution in [0.25, 0.3) is 43.9 Å². The molecule has 5 rings (SSSR count). The van der Waals surface area contributed by atoms with Gasteiger partial charge in [-0.05, 0) is 48.2 Å². The quantitative estimate of drug-likeness (QED) is 0.302. The van der Waals surface area contributed by atoms with Gasteiger partial charge in [-0.2, -0.15) is 5.26 Å². The van der Waals surface area contributed by atoms with E-state index in [0.717, 1.165) is 43.9 Å². The number of rotatable bonds is 0. The predicted octanol–water partition coefficient (Wildman–Crippen LogP) is 6.96. The van der Waals surface area contributed by atoms with E-state index >= 15 is 0 Å². The van der Waals surface area contributed by atoms with Crippen LogP contribution in [0.2, 0.25) is 0 Å². The summed E-state index contributed by atoms with van der Waals surface area (Å²) < 4.78 is 12.4. The Balaban J connectivity index is 1.90. The zero-order valence-electron chi connectivity index (χ0n) is 15.8. The summed E-state index contributed by atoms with van der Waals surface area (Å²) >= 11 is 0. The fraction of sp³-hybridized carbons (Fsp3) is 0.208. The number of benzene rings is 3. The van der Waals surface area contributed by atoms with Crippen LogP contribution in [-0.2, 0) is 5.41 Å². The van der Waals surface area contributed by atoms with E-state index in [1.807, 2.05) is 12.1 Å². The molecule has 2 aromatic heterocycles. The van der Waals surface area contributed by atoms with Gasteiger partial charge in [0, 0.05) is 27.1 Å². The molecule has 0 saturated carbocycles. The highest BCUT2D eigenvalue weighted by molar-refractivity contribution is 6.15. The van der Waals surface area contributed by atoms with Crippen molar-refractivity contribution < 1.29 is 8.83 Å². The Morgan fingerprint density at radius 1 is 0.778 bits per heavy atom. The SMILES string of the molecule is Cc1ccc2c(oc3cc4c(cc32)oc2cc(C#N)ccc24)c1C(C)(C)C. The Kier molecular flexibility index (Phi) is 3.04. The molecule has 3 nitrogen and oxygen atoms in total. The molecule has 2 heterocycles. The molecule has 0 N–H and O–H groups in total. The average Bonchev–Trinajstić information content (AvgIpc) is 3.14. The number of aryl methyl sites for hydroxylation is 1. The van der Waals surface area contributed by atoms with Gasteiger partial charge in [0.25, 0.3) is 0 Å². The third kappa shape index (κ3) is 2.20. The van der Waals surface area contributed by atoms with Crippen molar-refractivity contribution in [2.45, 2.75) is 33.1 Å². The number of nitriles is 1. The number of hydrogen-bond donors (Lipinski definition) is 0. The maximum absolute atomic E-state index is 9.12. The van der Waals surface area contributed by atoms with Gasteiger partial charge < -0.3 is 8.83 Å². The largest absolute Gasteiger partial charge is 0.456 e. The summed E-state index contributed by atoms with van der Waals surface area (Å²) in [7, 11) is 0. The molecule has 3 aromatic carbocycles. The average molecular weight is 353 g/mol. The Hall–Kier alpha value is -3.25. The highest BCUT2D eigenvalue weighted by Gasteiger charge is 2.23. The third-order valence-corrected chi connectivity index (χ3v) is 5.32. The molecule has 0 unspecified atom stereocenters. The summed E-state index contributed by atoms with van der Waals surface area (Å²) in [5.74, 6) is 0. The molecule has 0 spiro atoms. The fourth-order valence-electron chi connectivity index (χ4n) is 4.21. The minimum atomic E-state index is -0.00298. The molecule has 5 aromatic rings. The molecule has 0 radical (unpaired) electrons. The molecule has 0 aliphatic carbocycles. The second-order valence-electron chi connectivity index (χ2n) is 8.26. The molecule has 0 aliphatic heterocycles. The summed E-state index contributed by atoms with van der Waals surface area (Å²) in [6.45, 7) is 8.79. The van der Waals surface area contributed by atoms with E-state index in [-0.39, 0.29) is 5.41 Å². The van der Waals surface area contributed by atoms with Crippen molar-refractivity contribution in [3.8, 4) is 6.07 Å². The predicted molar refractivity (Wildman–Crippen MR) is 109 cm³/mol. The lowest BCUT2D eigenvalue weighted by Gasteiger charge is -2.21. The molecule has 0 amide bonds. The zero-order valence-corrected chi connectivity index (χ0v) is 15.8. The van der Waals surface area contributed by atoms with E-state index < -0.39 is 0 Å². The van der Waals surface area contributed by atoms with E-state index in [1.54, 1.807) is 6.07 Å². The highest BCUT2D eigenvalue weighted by Crippen LogP contribution is 2.41.